The number of halogens is 2. The van der Waals surface area contributed by atoms with Gasteiger partial charge in [-0.05, 0) is 57.1 Å². The van der Waals surface area contributed by atoms with E-state index < -0.39 is 6.61 Å². The molecule has 0 spiro atoms. The van der Waals surface area contributed by atoms with Crippen molar-refractivity contribution in [2.24, 2.45) is 11.8 Å². The maximum absolute atomic E-state index is 12.7. The number of rotatable bonds is 6. The molecule has 2 aliphatic carbocycles. The van der Waals surface area contributed by atoms with Gasteiger partial charge in [-0.2, -0.15) is 13.9 Å². The molecule has 0 radical (unpaired) electrons. The number of ether oxygens (including phenoxy) is 2. The van der Waals surface area contributed by atoms with Gasteiger partial charge in [-0.1, -0.05) is 0 Å². The largest absolute Gasteiger partial charge is 0.431 e. The quantitative estimate of drug-likeness (QED) is 0.731. The SMILES string of the molecule is CC(C)n1nc(-c2cnc(N)c(OC(F)F)c2)cc1C1[C@H]2CC(N3C4COCC3C4)C[C@@H]12. The molecule has 7 nitrogen and oxygen atoms in total. The van der Waals surface area contributed by atoms with Crippen LogP contribution in [0.4, 0.5) is 14.6 Å². The smallest absolute Gasteiger partial charge is 0.387 e. The molecule has 9 heteroatoms. The van der Waals surface area contributed by atoms with E-state index in [0.29, 0.717) is 41.4 Å². The van der Waals surface area contributed by atoms with E-state index in [9.17, 15) is 8.78 Å². The third-order valence-corrected chi connectivity index (χ3v) is 7.84. The number of nitrogen functional groups attached to an aromatic ring is 1. The molecule has 2 bridgehead atoms. The fourth-order valence-electron chi connectivity index (χ4n) is 6.45. The molecule has 32 heavy (non-hydrogen) atoms. The molecule has 2 saturated carbocycles. The predicted molar refractivity (Wildman–Crippen MR) is 114 cm³/mol. The molecule has 0 amide bonds. The van der Waals surface area contributed by atoms with Crippen LogP contribution in [0.1, 0.15) is 50.8 Å². The zero-order chi connectivity index (χ0) is 22.1. The van der Waals surface area contributed by atoms with Crippen molar-refractivity contribution in [2.75, 3.05) is 18.9 Å². The van der Waals surface area contributed by atoms with Crippen LogP contribution in [0.5, 0.6) is 5.75 Å². The number of hydrogen-bond acceptors (Lipinski definition) is 6. The molecule has 6 rings (SSSR count). The number of hydrogen-bond donors (Lipinski definition) is 1. The minimum absolute atomic E-state index is 0.0542. The van der Waals surface area contributed by atoms with Crippen molar-refractivity contribution in [1.82, 2.24) is 19.7 Å². The van der Waals surface area contributed by atoms with Crippen LogP contribution in [-0.4, -0.2) is 57.6 Å². The van der Waals surface area contributed by atoms with E-state index in [-0.39, 0.29) is 17.6 Å². The molecule has 172 valence electrons. The molecule has 2 saturated heterocycles. The van der Waals surface area contributed by atoms with Crippen LogP contribution in [0.2, 0.25) is 0 Å². The minimum atomic E-state index is -2.95. The number of pyridine rings is 1. The average Bonchev–Trinajstić information content (AvgIpc) is 3.09. The number of fused-ring (bicyclic) bond motifs is 3. The zero-order valence-electron chi connectivity index (χ0n) is 18.3. The van der Waals surface area contributed by atoms with Crippen LogP contribution in [-0.2, 0) is 4.74 Å². The summed E-state index contributed by atoms with van der Waals surface area (Å²) in [5.41, 5.74) is 8.29. The Morgan fingerprint density at radius 1 is 1.09 bits per heavy atom. The van der Waals surface area contributed by atoms with E-state index >= 15 is 0 Å². The highest BCUT2D eigenvalue weighted by molar-refractivity contribution is 5.64. The fraction of sp³-hybridized carbons (Fsp3) is 0.652. The number of aromatic nitrogens is 3. The molecule has 6 atom stereocenters. The van der Waals surface area contributed by atoms with E-state index in [1.807, 2.05) is 0 Å². The summed E-state index contributed by atoms with van der Waals surface area (Å²) in [7, 11) is 0. The second-order valence-corrected chi connectivity index (χ2v) is 9.99. The van der Waals surface area contributed by atoms with Gasteiger partial charge in [-0.3, -0.25) is 9.58 Å². The van der Waals surface area contributed by atoms with E-state index in [1.165, 1.54) is 31.0 Å². The summed E-state index contributed by atoms with van der Waals surface area (Å²) >= 11 is 0. The van der Waals surface area contributed by atoms with Crippen molar-refractivity contribution in [3.63, 3.8) is 0 Å². The van der Waals surface area contributed by atoms with Gasteiger partial charge < -0.3 is 15.2 Å². The van der Waals surface area contributed by atoms with Crippen molar-refractivity contribution < 1.29 is 18.3 Å². The first kappa shape index (κ1) is 20.4. The summed E-state index contributed by atoms with van der Waals surface area (Å²) in [6, 6.07) is 5.76. The van der Waals surface area contributed by atoms with E-state index in [2.05, 4.69) is 39.2 Å². The Bertz CT molecular complexity index is 1000. The molecule has 0 aromatic carbocycles. The molecule has 4 unspecified atom stereocenters. The Kier molecular flexibility index (Phi) is 4.69. The van der Waals surface area contributed by atoms with Crippen LogP contribution < -0.4 is 10.5 Å². The fourth-order valence-corrected chi connectivity index (χ4v) is 6.45. The van der Waals surface area contributed by atoms with Crippen molar-refractivity contribution in [2.45, 2.75) is 69.8 Å². The van der Waals surface area contributed by atoms with Crippen LogP contribution in [0.25, 0.3) is 11.3 Å². The first-order chi connectivity index (χ1) is 15.4. The lowest BCUT2D eigenvalue weighted by atomic mass is 9.87. The average molecular weight is 446 g/mol. The molecule has 2 aliphatic heterocycles. The van der Waals surface area contributed by atoms with Gasteiger partial charge in [0.05, 0.1) is 18.9 Å². The Morgan fingerprint density at radius 3 is 2.44 bits per heavy atom. The van der Waals surface area contributed by atoms with Gasteiger partial charge in [0.15, 0.2) is 11.6 Å². The van der Waals surface area contributed by atoms with E-state index in [1.54, 1.807) is 6.20 Å². The lowest BCUT2D eigenvalue weighted by Crippen LogP contribution is -2.66. The van der Waals surface area contributed by atoms with Gasteiger partial charge in [0, 0.05) is 47.5 Å². The van der Waals surface area contributed by atoms with E-state index in [4.69, 9.17) is 15.6 Å². The second-order valence-electron chi connectivity index (χ2n) is 9.99. The van der Waals surface area contributed by atoms with Crippen LogP contribution in [0.3, 0.4) is 0 Å². The number of nitrogens with zero attached hydrogens (tertiary/aromatic N) is 4. The van der Waals surface area contributed by atoms with Crippen LogP contribution in [0.15, 0.2) is 18.3 Å². The molecule has 4 fully saturated rings. The van der Waals surface area contributed by atoms with E-state index in [0.717, 1.165) is 18.9 Å². The third-order valence-electron chi connectivity index (χ3n) is 7.84. The van der Waals surface area contributed by atoms with Gasteiger partial charge in [0.2, 0.25) is 0 Å². The molecule has 4 heterocycles. The van der Waals surface area contributed by atoms with Gasteiger partial charge in [0.1, 0.15) is 0 Å². The molecule has 2 aromatic rings. The minimum Gasteiger partial charge on any atom is -0.431 e. The van der Waals surface area contributed by atoms with Crippen molar-refractivity contribution >= 4 is 5.82 Å². The summed E-state index contributed by atoms with van der Waals surface area (Å²) in [5.74, 6) is 1.75. The molecule has 4 aliphatic rings. The van der Waals surface area contributed by atoms with Crippen LogP contribution >= 0.6 is 0 Å². The first-order valence-corrected chi connectivity index (χ1v) is 11.6. The molecule has 2 N–H and O–H groups in total. The third kappa shape index (κ3) is 3.20. The predicted octanol–water partition coefficient (Wildman–Crippen LogP) is 3.67. The number of anilines is 1. The molecule has 2 aromatic heterocycles. The summed E-state index contributed by atoms with van der Waals surface area (Å²) in [6.45, 7) is 3.07. The summed E-state index contributed by atoms with van der Waals surface area (Å²) in [4.78, 5) is 6.76. The maximum atomic E-state index is 12.7. The second kappa shape index (κ2) is 7.38. The molecular weight excluding hydrogens is 416 g/mol. The Hall–Kier alpha value is -2.26. The summed E-state index contributed by atoms with van der Waals surface area (Å²) < 4.78 is 37.7. The number of nitrogens with two attached hydrogens (primary N) is 1. The molecular formula is C23H29F2N5O2. The van der Waals surface area contributed by atoms with Gasteiger partial charge >= 0.3 is 6.61 Å². The number of alkyl halides is 2. The van der Waals surface area contributed by atoms with Crippen molar-refractivity contribution in [1.29, 1.82) is 0 Å². The first-order valence-electron chi connectivity index (χ1n) is 11.6. The monoisotopic (exact) mass is 445 g/mol. The van der Waals surface area contributed by atoms with Crippen molar-refractivity contribution in [3.05, 3.63) is 24.0 Å². The topological polar surface area (TPSA) is 78.4 Å². The number of morpholine rings is 1. The summed E-state index contributed by atoms with van der Waals surface area (Å²) in [5, 5.41) is 4.81. The van der Waals surface area contributed by atoms with Gasteiger partial charge in [0.25, 0.3) is 0 Å². The zero-order valence-corrected chi connectivity index (χ0v) is 18.3. The van der Waals surface area contributed by atoms with Gasteiger partial charge in [-0.25, -0.2) is 4.98 Å². The highest BCUT2D eigenvalue weighted by atomic mass is 19.3. The maximum Gasteiger partial charge on any atom is 0.387 e. The standard InChI is InChI=1S/C23H29F2N5O2/c1-11(2)30-19(7-18(28-30)12-3-20(32-23(24)25)22(26)27-8-12)21-16-5-13(6-17(16)21)29-14-4-15(29)10-31-9-14/h3,7-8,11,13-17,21,23H,4-6,9-10H2,1-2H3,(H2,26,27)/t13?,14?,15?,16-,17+,21?. The Labute approximate surface area is 185 Å². The highest BCUT2D eigenvalue weighted by Crippen LogP contribution is 2.65. The Morgan fingerprint density at radius 2 is 1.81 bits per heavy atom. The van der Waals surface area contributed by atoms with Gasteiger partial charge in [-0.15, -0.1) is 0 Å². The lowest BCUT2D eigenvalue weighted by Gasteiger charge is -2.55. The Balaban J connectivity index is 1.22. The highest BCUT2D eigenvalue weighted by Gasteiger charge is 2.61. The summed E-state index contributed by atoms with van der Waals surface area (Å²) in [6.07, 6.45) is 5.36. The van der Waals surface area contributed by atoms with Crippen LogP contribution in [0, 0.1) is 11.8 Å². The lowest BCUT2D eigenvalue weighted by molar-refractivity contribution is -0.147. The normalized spacial score (nSPS) is 33.4. The van der Waals surface area contributed by atoms with Crippen molar-refractivity contribution in [3.8, 4) is 17.0 Å².